The van der Waals surface area contributed by atoms with Gasteiger partial charge in [0.05, 0.1) is 13.2 Å². The van der Waals surface area contributed by atoms with E-state index in [1.165, 1.54) is 0 Å². The van der Waals surface area contributed by atoms with Crippen molar-refractivity contribution < 1.29 is 14.3 Å². The molecule has 1 aromatic carbocycles. The number of carbonyl (C=O) groups excluding carboxylic acids is 2. The van der Waals surface area contributed by atoms with Gasteiger partial charge in [0.2, 0.25) is 5.91 Å². The lowest BCUT2D eigenvalue weighted by Gasteiger charge is -2.23. The third-order valence-corrected chi connectivity index (χ3v) is 3.77. The van der Waals surface area contributed by atoms with Crippen LogP contribution in [-0.2, 0) is 9.53 Å². The van der Waals surface area contributed by atoms with Crippen LogP contribution in [0.2, 0.25) is 0 Å². The zero-order valence-electron chi connectivity index (χ0n) is 12.9. The molecule has 0 bridgehead atoms. The zero-order valence-corrected chi connectivity index (χ0v) is 12.9. The molecule has 124 valence electrons. The third-order valence-electron chi connectivity index (χ3n) is 3.77. The van der Waals surface area contributed by atoms with Gasteiger partial charge in [0.15, 0.2) is 0 Å². The van der Waals surface area contributed by atoms with Crippen LogP contribution in [0.1, 0.15) is 19.3 Å². The van der Waals surface area contributed by atoms with Gasteiger partial charge in [-0.2, -0.15) is 0 Å². The monoisotopic (exact) mass is 318 g/mol. The minimum Gasteiger partial charge on any atom is -0.378 e. The van der Waals surface area contributed by atoms with Gasteiger partial charge < -0.3 is 26.0 Å². The molecule has 1 aliphatic heterocycles. The summed E-state index contributed by atoms with van der Waals surface area (Å²) in [6.45, 7) is 2.04. The Balaban J connectivity index is 1.44. The highest BCUT2D eigenvalue weighted by Crippen LogP contribution is 2.19. The number of amides is 3. The molecule has 3 rings (SSSR count). The standard InChI is InChI=1S/C16H22N4O3/c21-15(9-14-10-23-8-7-17-14)18-11-1-3-12(4-2-11)19-16(22)20-13-5-6-13/h1-4,13-14,17H,5-10H2,(H,18,21)(H2,19,20,22). The van der Waals surface area contributed by atoms with Gasteiger partial charge in [-0.15, -0.1) is 0 Å². The van der Waals surface area contributed by atoms with Crippen molar-refractivity contribution in [1.29, 1.82) is 0 Å². The fourth-order valence-electron chi connectivity index (χ4n) is 2.40. The summed E-state index contributed by atoms with van der Waals surface area (Å²) in [6.07, 6.45) is 2.49. The molecule has 1 heterocycles. The number of morpholine rings is 1. The lowest BCUT2D eigenvalue weighted by Crippen LogP contribution is -2.43. The van der Waals surface area contributed by atoms with Gasteiger partial charge in [-0.1, -0.05) is 0 Å². The van der Waals surface area contributed by atoms with E-state index in [0.717, 1.165) is 19.4 Å². The van der Waals surface area contributed by atoms with Gasteiger partial charge in [0.25, 0.3) is 0 Å². The minimum absolute atomic E-state index is 0.0554. The van der Waals surface area contributed by atoms with Crippen molar-refractivity contribution in [2.24, 2.45) is 0 Å². The normalized spacial score (nSPS) is 20.6. The summed E-state index contributed by atoms with van der Waals surface area (Å²) in [6, 6.07) is 7.29. The molecule has 7 heteroatoms. The Morgan fingerprint density at radius 3 is 2.43 bits per heavy atom. The molecule has 3 amide bonds. The molecule has 0 aromatic heterocycles. The predicted octanol–water partition coefficient (Wildman–Crippen LogP) is 1.29. The van der Waals surface area contributed by atoms with Gasteiger partial charge >= 0.3 is 6.03 Å². The fraction of sp³-hybridized carbons (Fsp3) is 0.500. The van der Waals surface area contributed by atoms with Crippen LogP contribution in [0, 0.1) is 0 Å². The summed E-state index contributed by atoms with van der Waals surface area (Å²) in [7, 11) is 0. The Morgan fingerprint density at radius 1 is 1.13 bits per heavy atom. The van der Waals surface area contributed by atoms with E-state index in [9.17, 15) is 9.59 Å². The number of anilines is 2. The molecular formula is C16H22N4O3. The molecule has 1 aromatic rings. The minimum atomic E-state index is -0.187. The molecule has 1 saturated carbocycles. The maximum Gasteiger partial charge on any atom is 0.319 e. The van der Waals surface area contributed by atoms with Crippen LogP contribution in [0.5, 0.6) is 0 Å². The summed E-state index contributed by atoms with van der Waals surface area (Å²) in [5.41, 5.74) is 1.41. The molecule has 2 aliphatic rings. The van der Waals surface area contributed by atoms with Crippen molar-refractivity contribution in [2.45, 2.75) is 31.3 Å². The molecule has 4 N–H and O–H groups in total. The fourth-order valence-corrected chi connectivity index (χ4v) is 2.40. The van der Waals surface area contributed by atoms with Gasteiger partial charge in [-0.3, -0.25) is 4.79 Å². The van der Waals surface area contributed by atoms with Crippen molar-refractivity contribution in [2.75, 3.05) is 30.4 Å². The third kappa shape index (κ3) is 5.22. The first-order chi connectivity index (χ1) is 11.2. The molecule has 1 atom stereocenters. The number of urea groups is 1. The van der Waals surface area contributed by atoms with E-state index in [0.29, 0.717) is 37.1 Å². The van der Waals surface area contributed by atoms with Crippen LogP contribution in [0.3, 0.4) is 0 Å². The zero-order chi connectivity index (χ0) is 16.1. The van der Waals surface area contributed by atoms with Gasteiger partial charge in [0.1, 0.15) is 0 Å². The highest BCUT2D eigenvalue weighted by molar-refractivity contribution is 5.92. The van der Waals surface area contributed by atoms with Crippen LogP contribution < -0.4 is 21.3 Å². The van der Waals surface area contributed by atoms with E-state index in [4.69, 9.17) is 4.74 Å². The number of carbonyl (C=O) groups is 2. The topological polar surface area (TPSA) is 91.5 Å². The Labute approximate surface area is 135 Å². The van der Waals surface area contributed by atoms with Crippen LogP contribution in [0.15, 0.2) is 24.3 Å². The molecule has 0 spiro atoms. The predicted molar refractivity (Wildman–Crippen MR) is 87.5 cm³/mol. The van der Waals surface area contributed by atoms with Gasteiger partial charge in [-0.25, -0.2) is 4.79 Å². The highest BCUT2D eigenvalue weighted by atomic mass is 16.5. The molecule has 0 radical (unpaired) electrons. The number of rotatable bonds is 5. The van der Waals surface area contributed by atoms with Crippen LogP contribution >= 0.6 is 0 Å². The van der Waals surface area contributed by atoms with Gasteiger partial charge in [0, 0.05) is 36.4 Å². The van der Waals surface area contributed by atoms with Crippen LogP contribution in [0.4, 0.5) is 16.2 Å². The second kappa shape index (κ2) is 7.43. The smallest absolute Gasteiger partial charge is 0.319 e. The summed E-state index contributed by atoms with van der Waals surface area (Å²) in [4.78, 5) is 23.6. The van der Waals surface area contributed by atoms with E-state index >= 15 is 0 Å². The Morgan fingerprint density at radius 2 is 1.83 bits per heavy atom. The van der Waals surface area contributed by atoms with Crippen molar-refractivity contribution in [1.82, 2.24) is 10.6 Å². The SMILES string of the molecule is O=C(CC1COCCN1)Nc1ccc(NC(=O)NC2CC2)cc1. The Bertz CT molecular complexity index is 551. The van der Waals surface area contributed by atoms with E-state index in [1.807, 2.05) is 0 Å². The molecule has 7 nitrogen and oxygen atoms in total. The van der Waals surface area contributed by atoms with Crippen LogP contribution in [0.25, 0.3) is 0 Å². The summed E-state index contributed by atoms with van der Waals surface area (Å²) < 4.78 is 5.33. The first kappa shape index (κ1) is 15.8. The highest BCUT2D eigenvalue weighted by Gasteiger charge is 2.23. The van der Waals surface area contributed by atoms with E-state index in [-0.39, 0.29) is 18.0 Å². The summed E-state index contributed by atoms with van der Waals surface area (Å²) in [5.74, 6) is -0.0554. The summed E-state index contributed by atoms with van der Waals surface area (Å²) in [5, 5.41) is 11.7. The molecule has 1 aliphatic carbocycles. The average Bonchev–Trinajstić information content (AvgIpc) is 3.34. The lowest BCUT2D eigenvalue weighted by atomic mass is 10.2. The second-order valence-corrected chi connectivity index (χ2v) is 5.93. The summed E-state index contributed by atoms with van der Waals surface area (Å²) >= 11 is 0. The maximum absolute atomic E-state index is 12.0. The maximum atomic E-state index is 12.0. The quantitative estimate of drug-likeness (QED) is 0.658. The van der Waals surface area contributed by atoms with Gasteiger partial charge in [-0.05, 0) is 37.1 Å². The molecule has 2 fully saturated rings. The van der Waals surface area contributed by atoms with Crippen molar-refractivity contribution in [3.63, 3.8) is 0 Å². The van der Waals surface area contributed by atoms with Crippen molar-refractivity contribution in [3.8, 4) is 0 Å². The van der Waals surface area contributed by atoms with E-state index in [2.05, 4.69) is 21.3 Å². The molecular weight excluding hydrogens is 296 g/mol. The number of hydrogen-bond donors (Lipinski definition) is 4. The first-order valence-electron chi connectivity index (χ1n) is 7.97. The number of ether oxygens (including phenoxy) is 1. The van der Waals surface area contributed by atoms with Crippen molar-refractivity contribution >= 4 is 23.3 Å². The average molecular weight is 318 g/mol. The van der Waals surface area contributed by atoms with Crippen molar-refractivity contribution in [3.05, 3.63) is 24.3 Å². The molecule has 1 unspecified atom stereocenters. The largest absolute Gasteiger partial charge is 0.378 e. The first-order valence-corrected chi connectivity index (χ1v) is 7.97. The van der Waals surface area contributed by atoms with E-state index < -0.39 is 0 Å². The van der Waals surface area contributed by atoms with Crippen LogP contribution in [-0.4, -0.2) is 43.8 Å². The number of nitrogens with one attached hydrogen (secondary N) is 4. The number of hydrogen-bond acceptors (Lipinski definition) is 4. The Hall–Kier alpha value is -2.12. The second-order valence-electron chi connectivity index (χ2n) is 5.93. The lowest BCUT2D eigenvalue weighted by molar-refractivity contribution is -0.117. The number of benzene rings is 1. The Kier molecular flexibility index (Phi) is 5.09. The molecule has 23 heavy (non-hydrogen) atoms. The molecule has 1 saturated heterocycles. The van der Waals surface area contributed by atoms with E-state index in [1.54, 1.807) is 24.3 Å².